The van der Waals surface area contributed by atoms with Crippen molar-refractivity contribution in [2.75, 3.05) is 11.9 Å². The first kappa shape index (κ1) is 14.4. The highest BCUT2D eigenvalue weighted by Crippen LogP contribution is 2.29. The number of amides is 1. The molecule has 22 heavy (non-hydrogen) atoms. The molecule has 3 N–H and O–H groups in total. The van der Waals surface area contributed by atoms with Crippen molar-refractivity contribution < 1.29 is 9.18 Å². The number of nitrogens with two attached hydrogens (primary N) is 1. The summed E-state index contributed by atoms with van der Waals surface area (Å²) in [5.74, 6) is -0.0950. The van der Waals surface area contributed by atoms with Gasteiger partial charge in [0.2, 0.25) is 5.95 Å². The number of halogens is 1. The summed E-state index contributed by atoms with van der Waals surface area (Å²) in [5.41, 5.74) is 7.22. The molecule has 0 spiro atoms. The number of aromatic nitrogens is 2. The van der Waals surface area contributed by atoms with Crippen LogP contribution >= 0.6 is 0 Å². The van der Waals surface area contributed by atoms with Gasteiger partial charge < -0.3 is 11.1 Å². The molecule has 1 aliphatic rings. The van der Waals surface area contributed by atoms with Crippen molar-refractivity contribution in [3.8, 4) is 11.1 Å². The zero-order valence-electron chi connectivity index (χ0n) is 12.3. The summed E-state index contributed by atoms with van der Waals surface area (Å²) in [7, 11) is 0. The highest BCUT2D eigenvalue weighted by molar-refractivity contribution is 5.94. The van der Waals surface area contributed by atoms with E-state index in [2.05, 4.69) is 15.3 Å². The van der Waals surface area contributed by atoms with Gasteiger partial charge in [-0.25, -0.2) is 14.4 Å². The predicted octanol–water partition coefficient (Wildman–Crippen LogP) is 2.51. The Balaban J connectivity index is 1.87. The molecule has 2 aromatic rings. The first-order valence-corrected chi connectivity index (χ1v) is 7.22. The van der Waals surface area contributed by atoms with Gasteiger partial charge in [-0.3, -0.25) is 4.79 Å². The Labute approximate surface area is 127 Å². The fourth-order valence-corrected chi connectivity index (χ4v) is 2.27. The summed E-state index contributed by atoms with van der Waals surface area (Å²) in [5, 5.41) is 3.21. The van der Waals surface area contributed by atoms with Crippen molar-refractivity contribution in [1.82, 2.24) is 9.97 Å². The third-order valence-electron chi connectivity index (χ3n) is 3.77. The molecule has 1 amide bonds. The van der Waals surface area contributed by atoms with Crippen LogP contribution in [0.1, 0.15) is 28.9 Å². The van der Waals surface area contributed by atoms with E-state index in [1.165, 1.54) is 25.0 Å². The highest BCUT2D eigenvalue weighted by atomic mass is 19.1. The fraction of sp³-hybridized carbons (Fsp3) is 0.312. The summed E-state index contributed by atoms with van der Waals surface area (Å²) < 4.78 is 13.5. The van der Waals surface area contributed by atoms with Gasteiger partial charge in [0.25, 0.3) is 5.91 Å². The van der Waals surface area contributed by atoms with Crippen molar-refractivity contribution >= 4 is 11.9 Å². The van der Waals surface area contributed by atoms with Crippen molar-refractivity contribution in [1.29, 1.82) is 0 Å². The Hall–Kier alpha value is -2.50. The molecule has 1 heterocycles. The first-order chi connectivity index (χ1) is 10.5. The Kier molecular flexibility index (Phi) is 3.75. The van der Waals surface area contributed by atoms with Crippen LogP contribution in [0.5, 0.6) is 0 Å². The van der Waals surface area contributed by atoms with Crippen LogP contribution in [0, 0.1) is 18.7 Å². The van der Waals surface area contributed by atoms with Crippen LogP contribution in [0.4, 0.5) is 10.3 Å². The van der Waals surface area contributed by atoms with Crippen LogP contribution in [0.15, 0.2) is 24.4 Å². The predicted molar refractivity (Wildman–Crippen MR) is 81.9 cm³/mol. The second kappa shape index (κ2) is 5.71. The van der Waals surface area contributed by atoms with Gasteiger partial charge in [-0.1, -0.05) is 6.07 Å². The lowest BCUT2D eigenvalue weighted by Crippen LogP contribution is -2.13. The second-order valence-electron chi connectivity index (χ2n) is 5.58. The van der Waals surface area contributed by atoms with E-state index in [1.54, 1.807) is 12.3 Å². The molecule has 6 heteroatoms. The fourth-order valence-electron chi connectivity index (χ4n) is 2.27. The maximum atomic E-state index is 13.5. The van der Waals surface area contributed by atoms with Crippen LogP contribution in [0.2, 0.25) is 0 Å². The number of primary amides is 1. The normalized spacial score (nSPS) is 13.9. The van der Waals surface area contributed by atoms with Crippen molar-refractivity contribution in [2.45, 2.75) is 19.8 Å². The molecular weight excluding hydrogens is 283 g/mol. The van der Waals surface area contributed by atoms with E-state index >= 15 is 0 Å². The number of rotatable bonds is 5. The Morgan fingerprint density at radius 3 is 2.86 bits per heavy atom. The summed E-state index contributed by atoms with van der Waals surface area (Å²) in [4.78, 5) is 19.9. The van der Waals surface area contributed by atoms with Crippen LogP contribution in [-0.2, 0) is 0 Å². The topological polar surface area (TPSA) is 80.9 Å². The van der Waals surface area contributed by atoms with Crippen LogP contribution < -0.4 is 11.1 Å². The molecule has 0 atom stereocenters. The number of benzene rings is 1. The zero-order chi connectivity index (χ0) is 15.7. The highest BCUT2D eigenvalue weighted by Gasteiger charge is 2.21. The maximum Gasteiger partial charge on any atom is 0.251 e. The number of anilines is 1. The van der Waals surface area contributed by atoms with Gasteiger partial charge >= 0.3 is 0 Å². The lowest BCUT2D eigenvalue weighted by atomic mass is 10.0. The minimum absolute atomic E-state index is 0.132. The largest absolute Gasteiger partial charge is 0.366 e. The molecule has 1 aliphatic carbocycles. The summed E-state index contributed by atoms with van der Waals surface area (Å²) in [6.07, 6.45) is 4.20. The number of carbonyl (C=O) groups is 1. The van der Waals surface area contributed by atoms with Gasteiger partial charge in [0.15, 0.2) is 0 Å². The lowest BCUT2D eigenvalue weighted by Gasteiger charge is -2.09. The van der Waals surface area contributed by atoms with E-state index in [0.29, 0.717) is 11.5 Å². The Morgan fingerprint density at radius 2 is 2.23 bits per heavy atom. The number of carbonyl (C=O) groups excluding carboxylic acids is 1. The minimum Gasteiger partial charge on any atom is -0.366 e. The first-order valence-electron chi connectivity index (χ1n) is 7.22. The SMILES string of the molecule is Cc1nc(NCC2CC2)ncc1-c1ccc(F)c(C(N)=O)c1. The van der Waals surface area contributed by atoms with E-state index in [4.69, 9.17) is 5.73 Å². The van der Waals surface area contributed by atoms with Gasteiger partial charge in [-0.05, 0) is 43.4 Å². The maximum absolute atomic E-state index is 13.5. The minimum atomic E-state index is -0.791. The van der Waals surface area contributed by atoms with E-state index in [1.807, 2.05) is 6.92 Å². The van der Waals surface area contributed by atoms with Gasteiger partial charge in [-0.15, -0.1) is 0 Å². The van der Waals surface area contributed by atoms with Crippen molar-refractivity contribution in [2.24, 2.45) is 11.7 Å². The molecule has 0 bridgehead atoms. The van der Waals surface area contributed by atoms with E-state index in [-0.39, 0.29) is 5.56 Å². The third kappa shape index (κ3) is 3.05. The Morgan fingerprint density at radius 1 is 1.45 bits per heavy atom. The molecule has 114 valence electrons. The zero-order valence-corrected chi connectivity index (χ0v) is 12.3. The number of aryl methyl sites for hydroxylation is 1. The molecule has 0 saturated heterocycles. The summed E-state index contributed by atoms with van der Waals surface area (Å²) >= 11 is 0. The van der Waals surface area contributed by atoms with Crippen LogP contribution in [0.3, 0.4) is 0 Å². The van der Waals surface area contributed by atoms with Gasteiger partial charge in [0.1, 0.15) is 5.82 Å². The number of nitrogens with zero attached hydrogens (tertiary/aromatic N) is 2. The average molecular weight is 300 g/mol. The van der Waals surface area contributed by atoms with E-state index < -0.39 is 11.7 Å². The smallest absolute Gasteiger partial charge is 0.251 e. The molecule has 0 aliphatic heterocycles. The van der Waals surface area contributed by atoms with Crippen LogP contribution in [0.25, 0.3) is 11.1 Å². The van der Waals surface area contributed by atoms with Gasteiger partial charge in [-0.2, -0.15) is 0 Å². The van der Waals surface area contributed by atoms with E-state index in [0.717, 1.165) is 23.7 Å². The summed E-state index contributed by atoms with van der Waals surface area (Å²) in [6.45, 7) is 2.74. The van der Waals surface area contributed by atoms with Gasteiger partial charge in [0.05, 0.1) is 11.3 Å². The molecule has 0 unspecified atom stereocenters. The molecule has 0 radical (unpaired) electrons. The standard InChI is InChI=1S/C16H17FN4O/c1-9-13(8-20-16(21-9)19-7-10-2-3-10)11-4-5-14(17)12(6-11)15(18)22/h4-6,8,10H,2-3,7H2,1H3,(H2,18,22)(H,19,20,21). The van der Waals surface area contributed by atoms with Crippen molar-refractivity contribution in [3.63, 3.8) is 0 Å². The Bertz CT molecular complexity index is 728. The number of hydrogen-bond donors (Lipinski definition) is 2. The molecule has 1 saturated carbocycles. The summed E-state index contributed by atoms with van der Waals surface area (Å²) in [6, 6.07) is 4.25. The van der Waals surface area contributed by atoms with E-state index in [9.17, 15) is 9.18 Å². The number of nitrogens with one attached hydrogen (secondary N) is 1. The molecule has 5 nitrogen and oxygen atoms in total. The number of hydrogen-bond acceptors (Lipinski definition) is 4. The molecule has 1 fully saturated rings. The monoisotopic (exact) mass is 300 g/mol. The van der Waals surface area contributed by atoms with Gasteiger partial charge in [0, 0.05) is 18.3 Å². The van der Waals surface area contributed by atoms with Crippen molar-refractivity contribution in [3.05, 3.63) is 41.5 Å². The average Bonchev–Trinajstić information content (AvgIpc) is 3.30. The second-order valence-corrected chi connectivity index (χ2v) is 5.58. The molecular formula is C16H17FN4O. The molecule has 1 aromatic carbocycles. The lowest BCUT2D eigenvalue weighted by molar-refractivity contribution is 0.0996. The molecule has 3 rings (SSSR count). The third-order valence-corrected chi connectivity index (χ3v) is 3.77. The van der Waals surface area contributed by atoms with Crippen LogP contribution in [-0.4, -0.2) is 22.4 Å². The molecule has 1 aromatic heterocycles. The quantitative estimate of drug-likeness (QED) is 0.889.